The van der Waals surface area contributed by atoms with Crippen LogP contribution in [0.25, 0.3) is 0 Å². The average molecular weight is 240 g/mol. The molecule has 1 nitrogen and oxygen atoms in total. The molecule has 1 N–H and O–H groups in total. The van der Waals surface area contributed by atoms with Crippen molar-refractivity contribution in [3.8, 4) is 0 Å². The summed E-state index contributed by atoms with van der Waals surface area (Å²) in [6.45, 7) is 6.02. The standard InChI is InChI=1S/C17H20O/c1-12-6-4-8-15(10-12)17(14(3)18)16-9-5-7-13(2)11-16/h4-11,14,17-18H,1-3H3. The maximum absolute atomic E-state index is 10.1. The molecular formula is C17H20O. The second-order valence-electron chi connectivity index (χ2n) is 5.05. The third-order valence-electron chi connectivity index (χ3n) is 3.28. The smallest absolute Gasteiger partial charge is 0.0621 e. The predicted octanol–water partition coefficient (Wildman–Crippen LogP) is 3.82. The van der Waals surface area contributed by atoms with Crippen LogP contribution in [0.1, 0.15) is 35.1 Å². The molecule has 0 aromatic heterocycles. The van der Waals surface area contributed by atoms with E-state index in [0.717, 1.165) is 0 Å². The van der Waals surface area contributed by atoms with Gasteiger partial charge in [0.25, 0.3) is 0 Å². The molecule has 0 aliphatic carbocycles. The van der Waals surface area contributed by atoms with Crippen molar-refractivity contribution in [2.75, 3.05) is 0 Å². The Balaban J connectivity index is 2.46. The van der Waals surface area contributed by atoms with Crippen molar-refractivity contribution < 1.29 is 5.11 Å². The van der Waals surface area contributed by atoms with Gasteiger partial charge >= 0.3 is 0 Å². The molecule has 1 heteroatoms. The van der Waals surface area contributed by atoms with E-state index < -0.39 is 6.10 Å². The average Bonchev–Trinajstić information content (AvgIpc) is 2.28. The van der Waals surface area contributed by atoms with Crippen LogP contribution >= 0.6 is 0 Å². The molecule has 0 aliphatic heterocycles. The quantitative estimate of drug-likeness (QED) is 0.864. The molecule has 1 atom stereocenters. The maximum atomic E-state index is 10.1. The molecule has 94 valence electrons. The highest BCUT2D eigenvalue weighted by Gasteiger charge is 2.19. The minimum atomic E-state index is -0.395. The summed E-state index contributed by atoms with van der Waals surface area (Å²) in [7, 11) is 0. The highest BCUT2D eigenvalue weighted by atomic mass is 16.3. The van der Waals surface area contributed by atoms with E-state index in [1.165, 1.54) is 22.3 Å². The van der Waals surface area contributed by atoms with E-state index in [1.807, 2.05) is 6.92 Å². The van der Waals surface area contributed by atoms with Gasteiger partial charge in [-0.15, -0.1) is 0 Å². The van der Waals surface area contributed by atoms with Crippen molar-refractivity contribution >= 4 is 0 Å². The first kappa shape index (κ1) is 12.8. The zero-order valence-electron chi connectivity index (χ0n) is 11.2. The van der Waals surface area contributed by atoms with E-state index in [2.05, 4.69) is 62.4 Å². The SMILES string of the molecule is Cc1cccc(C(c2cccc(C)c2)C(C)O)c1. The van der Waals surface area contributed by atoms with Gasteiger partial charge in [-0.05, 0) is 31.9 Å². The molecule has 0 aliphatic rings. The Morgan fingerprint density at radius 2 is 1.28 bits per heavy atom. The van der Waals surface area contributed by atoms with Gasteiger partial charge in [-0.25, -0.2) is 0 Å². The van der Waals surface area contributed by atoms with Crippen molar-refractivity contribution in [1.82, 2.24) is 0 Å². The number of aryl methyl sites for hydroxylation is 2. The third kappa shape index (κ3) is 2.80. The molecule has 0 bridgehead atoms. The van der Waals surface area contributed by atoms with E-state index in [1.54, 1.807) is 0 Å². The van der Waals surface area contributed by atoms with Gasteiger partial charge in [-0.2, -0.15) is 0 Å². The fraction of sp³-hybridized carbons (Fsp3) is 0.294. The summed E-state index contributed by atoms with van der Waals surface area (Å²) >= 11 is 0. The summed E-state index contributed by atoms with van der Waals surface area (Å²) in [5.74, 6) is 0.0461. The highest BCUT2D eigenvalue weighted by Crippen LogP contribution is 2.29. The van der Waals surface area contributed by atoms with Gasteiger partial charge in [0.1, 0.15) is 0 Å². The van der Waals surface area contributed by atoms with E-state index in [4.69, 9.17) is 0 Å². The summed E-state index contributed by atoms with van der Waals surface area (Å²) in [5, 5.41) is 10.1. The molecule has 0 spiro atoms. The molecular weight excluding hydrogens is 220 g/mol. The normalized spacial score (nSPS) is 12.7. The van der Waals surface area contributed by atoms with Crippen LogP contribution in [0.4, 0.5) is 0 Å². The van der Waals surface area contributed by atoms with Gasteiger partial charge in [0.15, 0.2) is 0 Å². The molecule has 0 amide bonds. The fourth-order valence-corrected chi connectivity index (χ4v) is 2.48. The second-order valence-corrected chi connectivity index (χ2v) is 5.05. The molecule has 1 unspecified atom stereocenters. The van der Waals surface area contributed by atoms with E-state index in [0.29, 0.717) is 0 Å². The summed E-state index contributed by atoms with van der Waals surface area (Å²) in [6.07, 6.45) is -0.395. The molecule has 18 heavy (non-hydrogen) atoms. The zero-order valence-corrected chi connectivity index (χ0v) is 11.2. The third-order valence-corrected chi connectivity index (χ3v) is 3.28. The Bertz CT molecular complexity index is 483. The number of hydrogen-bond acceptors (Lipinski definition) is 1. The van der Waals surface area contributed by atoms with Crippen LogP contribution in [0.15, 0.2) is 48.5 Å². The summed E-state index contributed by atoms with van der Waals surface area (Å²) < 4.78 is 0. The lowest BCUT2D eigenvalue weighted by molar-refractivity contribution is 0.176. The first-order valence-electron chi connectivity index (χ1n) is 6.39. The van der Waals surface area contributed by atoms with E-state index in [9.17, 15) is 5.11 Å². The molecule has 0 radical (unpaired) electrons. The van der Waals surface area contributed by atoms with E-state index >= 15 is 0 Å². The van der Waals surface area contributed by atoms with Gasteiger partial charge < -0.3 is 5.11 Å². The van der Waals surface area contributed by atoms with Crippen LogP contribution in [-0.2, 0) is 0 Å². The summed E-state index contributed by atoms with van der Waals surface area (Å²) in [5.41, 5.74) is 4.81. The molecule has 0 saturated carbocycles. The minimum Gasteiger partial charge on any atom is -0.392 e. The van der Waals surface area contributed by atoms with Crippen LogP contribution in [-0.4, -0.2) is 11.2 Å². The van der Waals surface area contributed by atoms with Gasteiger partial charge in [0.05, 0.1) is 6.10 Å². The Morgan fingerprint density at radius 3 is 1.61 bits per heavy atom. The van der Waals surface area contributed by atoms with Crippen LogP contribution in [0, 0.1) is 13.8 Å². The fourth-order valence-electron chi connectivity index (χ4n) is 2.48. The van der Waals surface area contributed by atoms with Gasteiger partial charge in [0, 0.05) is 5.92 Å². The molecule has 0 heterocycles. The number of benzene rings is 2. The van der Waals surface area contributed by atoms with Crippen molar-refractivity contribution in [1.29, 1.82) is 0 Å². The van der Waals surface area contributed by atoms with Gasteiger partial charge in [-0.1, -0.05) is 59.7 Å². The number of aliphatic hydroxyl groups is 1. The highest BCUT2D eigenvalue weighted by molar-refractivity contribution is 5.37. The van der Waals surface area contributed by atoms with Crippen molar-refractivity contribution in [3.63, 3.8) is 0 Å². The Hall–Kier alpha value is -1.60. The molecule has 0 saturated heterocycles. The monoisotopic (exact) mass is 240 g/mol. The molecule has 2 aromatic rings. The van der Waals surface area contributed by atoms with Gasteiger partial charge in [0.2, 0.25) is 0 Å². The number of aliphatic hydroxyl groups excluding tert-OH is 1. The lowest BCUT2D eigenvalue weighted by Gasteiger charge is -2.22. The minimum absolute atomic E-state index is 0.0461. The molecule has 0 fully saturated rings. The van der Waals surface area contributed by atoms with Gasteiger partial charge in [-0.3, -0.25) is 0 Å². The largest absolute Gasteiger partial charge is 0.392 e. The zero-order chi connectivity index (χ0) is 13.1. The van der Waals surface area contributed by atoms with E-state index in [-0.39, 0.29) is 5.92 Å². The van der Waals surface area contributed by atoms with Crippen LogP contribution in [0.2, 0.25) is 0 Å². The first-order valence-corrected chi connectivity index (χ1v) is 6.39. The Labute approximate surface area is 109 Å². The Kier molecular flexibility index (Phi) is 3.83. The van der Waals surface area contributed by atoms with Crippen LogP contribution in [0.5, 0.6) is 0 Å². The van der Waals surface area contributed by atoms with Crippen LogP contribution < -0.4 is 0 Å². The lowest BCUT2D eigenvalue weighted by Crippen LogP contribution is -2.16. The van der Waals surface area contributed by atoms with Crippen molar-refractivity contribution in [2.24, 2.45) is 0 Å². The molecule has 2 aromatic carbocycles. The topological polar surface area (TPSA) is 20.2 Å². The summed E-state index contributed by atoms with van der Waals surface area (Å²) in [6, 6.07) is 16.8. The predicted molar refractivity (Wildman–Crippen MR) is 75.9 cm³/mol. The number of rotatable bonds is 3. The first-order chi connectivity index (χ1) is 8.58. The van der Waals surface area contributed by atoms with Crippen molar-refractivity contribution in [3.05, 3.63) is 70.8 Å². The molecule has 2 rings (SSSR count). The van der Waals surface area contributed by atoms with Crippen molar-refractivity contribution in [2.45, 2.75) is 32.8 Å². The lowest BCUT2D eigenvalue weighted by atomic mass is 9.86. The number of hydrogen-bond donors (Lipinski definition) is 1. The van der Waals surface area contributed by atoms with Crippen LogP contribution in [0.3, 0.4) is 0 Å². The maximum Gasteiger partial charge on any atom is 0.0621 e. The summed E-state index contributed by atoms with van der Waals surface area (Å²) in [4.78, 5) is 0. The Morgan fingerprint density at radius 1 is 0.833 bits per heavy atom. The second kappa shape index (κ2) is 5.36.